The van der Waals surface area contributed by atoms with Gasteiger partial charge in [0.25, 0.3) is 0 Å². The lowest BCUT2D eigenvalue weighted by Crippen LogP contribution is -2.20. The van der Waals surface area contributed by atoms with Gasteiger partial charge in [0, 0.05) is 13.1 Å². The van der Waals surface area contributed by atoms with E-state index in [-0.39, 0.29) is 0 Å². The highest BCUT2D eigenvalue weighted by molar-refractivity contribution is 6.33. The number of benzene rings is 1. The molecule has 3 heteroatoms. The average molecular weight is 239 g/mol. The van der Waals surface area contributed by atoms with E-state index in [1.165, 1.54) is 18.5 Å². The van der Waals surface area contributed by atoms with E-state index in [2.05, 4.69) is 18.9 Å². The predicted molar refractivity (Wildman–Crippen MR) is 69.5 cm³/mol. The molecule has 16 heavy (non-hydrogen) atoms. The van der Waals surface area contributed by atoms with E-state index in [1.54, 1.807) is 0 Å². The molecule has 2 nitrogen and oxygen atoms in total. The summed E-state index contributed by atoms with van der Waals surface area (Å²) < 4.78 is 0. The summed E-state index contributed by atoms with van der Waals surface area (Å²) >= 11 is 6.00. The molecule has 88 valence electrons. The average Bonchev–Trinajstić information content (AvgIpc) is 2.88. The van der Waals surface area contributed by atoms with Crippen LogP contribution in [-0.2, 0) is 6.54 Å². The largest absolute Gasteiger partial charge is 0.398 e. The summed E-state index contributed by atoms with van der Waals surface area (Å²) in [4.78, 5) is 2.36. The highest BCUT2D eigenvalue weighted by atomic mass is 35.5. The third kappa shape index (κ3) is 2.89. The summed E-state index contributed by atoms with van der Waals surface area (Å²) in [6, 6.07) is 5.89. The highest BCUT2D eigenvalue weighted by Gasteiger charge is 2.32. The molecule has 0 spiro atoms. The maximum absolute atomic E-state index is 6.00. The van der Waals surface area contributed by atoms with Crippen LogP contribution in [0.5, 0.6) is 0 Å². The van der Waals surface area contributed by atoms with Crippen molar-refractivity contribution in [3.63, 3.8) is 0 Å². The second kappa shape index (κ2) is 4.64. The van der Waals surface area contributed by atoms with Crippen molar-refractivity contribution in [3.05, 3.63) is 28.8 Å². The van der Waals surface area contributed by atoms with Crippen molar-refractivity contribution in [1.29, 1.82) is 0 Å². The van der Waals surface area contributed by atoms with E-state index in [9.17, 15) is 0 Å². The Morgan fingerprint density at radius 3 is 2.75 bits per heavy atom. The Kier molecular flexibility index (Phi) is 3.41. The number of nitrogens with zero attached hydrogens (tertiary/aromatic N) is 1. The Morgan fingerprint density at radius 2 is 2.19 bits per heavy atom. The standard InChI is InChI=1S/C13H19ClN2/c1-9-5-11(9)8-16(2)7-10-3-4-13(15)12(14)6-10/h3-4,6,9,11H,5,7-8,15H2,1-2H3. The zero-order chi connectivity index (χ0) is 11.7. The first-order valence-corrected chi connectivity index (χ1v) is 6.16. The van der Waals surface area contributed by atoms with Gasteiger partial charge in [0.2, 0.25) is 0 Å². The third-order valence-corrected chi connectivity index (χ3v) is 3.67. The van der Waals surface area contributed by atoms with Crippen molar-refractivity contribution < 1.29 is 0 Å². The SMILES string of the molecule is CC1CC1CN(C)Cc1ccc(N)c(Cl)c1. The molecule has 2 rings (SSSR count). The molecule has 0 amide bonds. The molecule has 0 saturated heterocycles. The molecule has 2 atom stereocenters. The molecule has 0 aromatic heterocycles. The van der Waals surface area contributed by atoms with Crippen molar-refractivity contribution in [2.24, 2.45) is 11.8 Å². The van der Waals surface area contributed by atoms with Crippen LogP contribution in [0, 0.1) is 11.8 Å². The van der Waals surface area contributed by atoms with Crippen molar-refractivity contribution in [1.82, 2.24) is 4.90 Å². The van der Waals surface area contributed by atoms with Gasteiger partial charge in [-0.25, -0.2) is 0 Å². The number of anilines is 1. The summed E-state index contributed by atoms with van der Waals surface area (Å²) in [7, 11) is 2.16. The summed E-state index contributed by atoms with van der Waals surface area (Å²) in [5, 5.41) is 0.658. The maximum Gasteiger partial charge on any atom is 0.0638 e. The van der Waals surface area contributed by atoms with E-state index in [0.29, 0.717) is 10.7 Å². The zero-order valence-corrected chi connectivity index (χ0v) is 10.7. The minimum absolute atomic E-state index is 0.656. The van der Waals surface area contributed by atoms with E-state index in [0.717, 1.165) is 18.4 Å². The summed E-state index contributed by atoms with van der Waals surface area (Å²) in [6.45, 7) is 4.45. The second-order valence-corrected chi connectivity index (χ2v) is 5.43. The number of nitrogen functional groups attached to an aromatic ring is 1. The Balaban J connectivity index is 1.90. The van der Waals surface area contributed by atoms with Gasteiger partial charge in [-0.2, -0.15) is 0 Å². The van der Waals surface area contributed by atoms with Gasteiger partial charge in [-0.15, -0.1) is 0 Å². The van der Waals surface area contributed by atoms with Gasteiger partial charge in [0.1, 0.15) is 0 Å². The van der Waals surface area contributed by atoms with Gasteiger partial charge >= 0.3 is 0 Å². The molecular formula is C13H19ClN2. The summed E-state index contributed by atoms with van der Waals surface area (Å²) in [5.74, 6) is 1.81. The van der Waals surface area contributed by atoms with E-state index in [1.807, 2.05) is 18.2 Å². The quantitative estimate of drug-likeness (QED) is 0.818. The van der Waals surface area contributed by atoms with Crippen molar-refractivity contribution >= 4 is 17.3 Å². The van der Waals surface area contributed by atoms with Gasteiger partial charge in [-0.1, -0.05) is 24.6 Å². The first-order chi connectivity index (χ1) is 7.56. The number of hydrogen-bond acceptors (Lipinski definition) is 2. The topological polar surface area (TPSA) is 29.3 Å². The van der Waals surface area contributed by atoms with Gasteiger partial charge in [0.05, 0.1) is 10.7 Å². The number of rotatable bonds is 4. The molecule has 1 fully saturated rings. The number of hydrogen-bond donors (Lipinski definition) is 1. The van der Waals surface area contributed by atoms with E-state index < -0.39 is 0 Å². The van der Waals surface area contributed by atoms with Gasteiger partial charge < -0.3 is 10.6 Å². The Labute approximate surface area is 102 Å². The Bertz CT molecular complexity index is 378. The van der Waals surface area contributed by atoms with Crippen LogP contribution in [0.1, 0.15) is 18.9 Å². The Hall–Kier alpha value is -0.730. The third-order valence-electron chi connectivity index (χ3n) is 3.34. The van der Waals surface area contributed by atoms with Crippen molar-refractivity contribution in [2.75, 3.05) is 19.3 Å². The number of nitrogens with two attached hydrogens (primary N) is 1. The molecule has 0 heterocycles. The first kappa shape index (κ1) is 11.7. The normalized spacial score (nSPS) is 23.8. The van der Waals surface area contributed by atoms with Crippen LogP contribution in [0.4, 0.5) is 5.69 Å². The summed E-state index contributed by atoms with van der Waals surface area (Å²) in [6.07, 6.45) is 1.38. The number of halogens is 1. The lowest BCUT2D eigenvalue weighted by Gasteiger charge is -2.16. The van der Waals surface area contributed by atoms with Crippen LogP contribution in [0.2, 0.25) is 5.02 Å². The second-order valence-electron chi connectivity index (χ2n) is 5.03. The monoisotopic (exact) mass is 238 g/mol. The van der Waals surface area contributed by atoms with Crippen LogP contribution >= 0.6 is 11.6 Å². The molecule has 0 aliphatic heterocycles. The minimum atomic E-state index is 0.656. The molecular weight excluding hydrogens is 220 g/mol. The van der Waals surface area contributed by atoms with Crippen LogP contribution in [-0.4, -0.2) is 18.5 Å². The van der Waals surface area contributed by atoms with Gasteiger partial charge in [-0.05, 0) is 43.0 Å². The minimum Gasteiger partial charge on any atom is -0.398 e. The van der Waals surface area contributed by atoms with Crippen LogP contribution < -0.4 is 5.73 Å². The van der Waals surface area contributed by atoms with Crippen LogP contribution in [0.25, 0.3) is 0 Å². The zero-order valence-electron chi connectivity index (χ0n) is 9.91. The maximum atomic E-state index is 6.00. The smallest absolute Gasteiger partial charge is 0.0638 e. The molecule has 1 aromatic carbocycles. The van der Waals surface area contributed by atoms with Gasteiger partial charge in [0.15, 0.2) is 0 Å². The Morgan fingerprint density at radius 1 is 1.50 bits per heavy atom. The molecule has 2 N–H and O–H groups in total. The summed E-state index contributed by atoms with van der Waals surface area (Å²) in [5.41, 5.74) is 7.57. The fourth-order valence-corrected chi connectivity index (χ4v) is 2.30. The van der Waals surface area contributed by atoms with Crippen LogP contribution in [0.3, 0.4) is 0 Å². The van der Waals surface area contributed by atoms with E-state index >= 15 is 0 Å². The molecule has 1 aliphatic carbocycles. The lowest BCUT2D eigenvalue weighted by molar-refractivity contribution is 0.307. The van der Waals surface area contributed by atoms with Crippen LogP contribution in [0.15, 0.2) is 18.2 Å². The van der Waals surface area contributed by atoms with Crippen molar-refractivity contribution in [3.8, 4) is 0 Å². The van der Waals surface area contributed by atoms with Crippen molar-refractivity contribution in [2.45, 2.75) is 19.9 Å². The predicted octanol–water partition coefficient (Wildman–Crippen LogP) is 3.01. The molecule has 1 aromatic rings. The fourth-order valence-electron chi connectivity index (χ4n) is 2.10. The van der Waals surface area contributed by atoms with E-state index in [4.69, 9.17) is 17.3 Å². The first-order valence-electron chi connectivity index (χ1n) is 5.78. The molecule has 2 unspecified atom stereocenters. The molecule has 0 radical (unpaired) electrons. The molecule has 1 saturated carbocycles. The fraction of sp³-hybridized carbons (Fsp3) is 0.538. The highest BCUT2D eigenvalue weighted by Crippen LogP contribution is 2.38. The lowest BCUT2D eigenvalue weighted by atomic mass is 10.2. The molecule has 1 aliphatic rings. The molecule has 0 bridgehead atoms. The van der Waals surface area contributed by atoms with Gasteiger partial charge in [-0.3, -0.25) is 0 Å².